The van der Waals surface area contributed by atoms with Crippen LogP contribution in [0.3, 0.4) is 0 Å². The Bertz CT molecular complexity index is 1160. The molecule has 5 N–H and O–H groups in total. The van der Waals surface area contributed by atoms with E-state index < -0.39 is 0 Å². The fraction of sp³-hybridized carbons (Fsp3) is 0.125. The van der Waals surface area contributed by atoms with E-state index in [1.165, 1.54) is 12.1 Å². The number of rotatable bonds is 3. The van der Waals surface area contributed by atoms with Crippen LogP contribution < -0.4 is 21.9 Å². The average Bonchev–Trinajstić information content (AvgIpc) is 2.90. The molecule has 0 saturated carbocycles. The molecule has 7 nitrogen and oxygen atoms in total. The molecule has 0 fully saturated rings. The van der Waals surface area contributed by atoms with E-state index >= 15 is 0 Å². The van der Waals surface area contributed by atoms with Crippen LogP contribution in [0.4, 0.5) is 5.82 Å². The van der Waals surface area contributed by atoms with Gasteiger partial charge in [-0.2, -0.15) is 0 Å². The Kier molecular flexibility index (Phi) is 2.79. The predicted octanol–water partition coefficient (Wildman–Crippen LogP) is 0.808. The van der Waals surface area contributed by atoms with Gasteiger partial charge < -0.3 is 16.2 Å². The lowest BCUT2D eigenvalue weighted by Gasteiger charge is -2.07. The van der Waals surface area contributed by atoms with Crippen LogP contribution in [0.5, 0.6) is 5.75 Å². The Balaban J connectivity index is 2.29. The molecule has 2 aromatic carbocycles. The Morgan fingerprint density at radius 1 is 1.13 bits per heavy atom. The van der Waals surface area contributed by atoms with Gasteiger partial charge in [-0.25, -0.2) is 0 Å². The lowest BCUT2D eigenvalue weighted by Crippen LogP contribution is -2.13. The van der Waals surface area contributed by atoms with Crippen molar-refractivity contribution in [2.45, 2.75) is 0 Å². The summed E-state index contributed by atoms with van der Waals surface area (Å²) < 4.78 is 1.65. The number of fused-ring (bicyclic) bond motifs is 2. The lowest BCUT2D eigenvalue weighted by atomic mass is 10.1. The molecular formula is C16H14N4O3. The van der Waals surface area contributed by atoms with Crippen LogP contribution in [0.25, 0.3) is 27.2 Å². The third kappa shape index (κ3) is 1.74. The molecule has 4 aromatic rings. The van der Waals surface area contributed by atoms with Gasteiger partial charge in [-0.1, -0.05) is 6.07 Å². The van der Waals surface area contributed by atoms with Crippen molar-refractivity contribution in [3.05, 3.63) is 50.8 Å². The first-order valence-electron chi connectivity index (χ1n) is 7.22. The second kappa shape index (κ2) is 4.72. The quantitative estimate of drug-likeness (QED) is 0.418. The molecule has 0 aliphatic carbocycles. The summed E-state index contributed by atoms with van der Waals surface area (Å²) in [6.45, 7) is 1.000. The van der Waals surface area contributed by atoms with Crippen LogP contribution in [0.15, 0.2) is 39.9 Å². The highest BCUT2D eigenvalue weighted by Gasteiger charge is 2.20. The van der Waals surface area contributed by atoms with E-state index in [0.29, 0.717) is 29.9 Å². The molecule has 2 heterocycles. The summed E-state index contributed by atoms with van der Waals surface area (Å²) in [5.74, 6) is 0.411. The molecular weight excluding hydrogens is 296 g/mol. The molecule has 0 radical (unpaired) electrons. The molecule has 0 unspecified atom stereocenters. The van der Waals surface area contributed by atoms with Gasteiger partial charge in [0.15, 0.2) is 10.9 Å². The van der Waals surface area contributed by atoms with Crippen molar-refractivity contribution in [3.8, 4) is 5.75 Å². The number of hydrogen-bond acceptors (Lipinski definition) is 5. The summed E-state index contributed by atoms with van der Waals surface area (Å²) in [6.07, 6.45) is 0. The van der Waals surface area contributed by atoms with Crippen LogP contribution in [0.2, 0.25) is 0 Å². The number of H-pyrrole nitrogens is 1. The van der Waals surface area contributed by atoms with E-state index in [9.17, 15) is 14.7 Å². The maximum absolute atomic E-state index is 12.3. The number of nitrogens with zero attached hydrogens (tertiary/aromatic N) is 1. The SMILES string of the molecule is NCCNc1[nH]n2c3cccc(=O)c3c(O)c3c(=O)ccc1c32. The maximum atomic E-state index is 12.3. The summed E-state index contributed by atoms with van der Waals surface area (Å²) in [5.41, 5.74) is 5.92. The standard InChI is InChI=1S/C16H14N4O3/c17-6-7-18-16-8-4-5-11(22)13-14(8)20(19-16)9-2-1-3-10(21)12(9)15(13)23/h1-5,18-19,23H,6-7,17H2. The summed E-state index contributed by atoms with van der Waals surface area (Å²) in [6, 6.07) is 7.77. The van der Waals surface area contributed by atoms with Crippen LogP contribution in [0.1, 0.15) is 0 Å². The maximum Gasteiger partial charge on any atom is 0.191 e. The van der Waals surface area contributed by atoms with Gasteiger partial charge in [-0.05, 0) is 24.3 Å². The minimum absolute atomic E-state index is 0.127. The smallest absolute Gasteiger partial charge is 0.191 e. The van der Waals surface area contributed by atoms with Crippen molar-refractivity contribution in [2.24, 2.45) is 5.73 Å². The van der Waals surface area contributed by atoms with Gasteiger partial charge in [0.1, 0.15) is 11.6 Å². The van der Waals surface area contributed by atoms with Crippen molar-refractivity contribution in [1.29, 1.82) is 0 Å². The second-order valence-electron chi connectivity index (χ2n) is 5.37. The topological polar surface area (TPSA) is 113 Å². The summed E-state index contributed by atoms with van der Waals surface area (Å²) in [5, 5.41) is 17.8. The number of nitrogens with one attached hydrogen (secondary N) is 2. The van der Waals surface area contributed by atoms with Gasteiger partial charge in [0, 0.05) is 18.5 Å². The molecule has 116 valence electrons. The third-order valence-corrected chi connectivity index (χ3v) is 4.02. The summed E-state index contributed by atoms with van der Waals surface area (Å²) in [7, 11) is 0. The van der Waals surface area contributed by atoms with Gasteiger partial charge in [-0.3, -0.25) is 19.2 Å². The van der Waals surface area contributed by atoms with Gasteiger partial charge in [0.2, 0.25) is 0 Å². The molecule has 0 bridgehead atoms. The molecule has 0 aliphatic heterocycles. The van der Waals surface area contributed by atoms with E-state index in [1.807, 2.05) is 0 Å². The van der Waals surface area contributed by atoms with Crippen molar-refractivity contribution in [3.63, 3.8) is 0 Å². The van der Waals surface area contributed by atoms with E-state index in [0.717, 1.165) is 5.39 Å². The third-order valence-electron chi connectivity index (χ3n) is 4.02. The number of hydrogen-bond donors (Lipinski definition) is 4. The molecule has 7 heteroatoms. The van der Waals surface area contributed by atoms with Crippen molar-refractivity contribution >= 4 is 33.0 Å². The van der Waals surface area contributed by atoms with Gasteiger partial charge >= 0.3 is 0 Å². The largest absolute Gasteiger partial charge is 0.506 e. The van der Waals surface area contributed by atoms with Crippen LogP contribution >= 0.6 is 0 Å². The zero-order valence-electron chi connectivity index (χ0n) is 12.1. The Morgan fingerprint density at radius 2 is 1.91 bits per heavy atom. The zero-order valence-corrected chi connectivity index (χ0v) is 12.1. The van der Waals surface area contributed by atoms with E-state index in [4.69, 9.17) is 5.73 Å². The van der Waals surface area contributed by atoms with Gasteiger partial charge in [0.05, 0.1) is 21.8 Å². The molecule has 0 atom stereocenters. The summed E-state index contributed by atoms with van der Waals surface area (Å²) in [4.78, 5) is 24.4. The van der Waals surface area contributed by atoms with Gasteiger partial charge in [-0.15, -0.1) is 0 Å². The monoisotopic (exact) mass is 310 g/mol. The predicted molar refractivity (Wildman–Crippen MR) is 89.7 cm³/mol. The van der Waals surface area contributed by atoms with Crippen LogP contribution in [0, 0.1) is 0 Å². The number of benzene rings is 2. The number of aromatic amines is 1. The highest BCUT2D eigenvalue weighted by Crippen LogP contribution is 2.34. The Hall–Kier alpha value is -3.06. The number of anilines is 1. The Labute approximate surface area is 129 Å². The number of pyridine rings is 1. The number of aromatic nitrogens is 2. The zero-order chi connectivity index (χ0) is 16.1. The normalized spacial score (nSPS) is 11.7. The van der Waals surface area contributed by atoms with Gasteiger partial charge in [0.25, 0.3) is 0 Å². The lowest BCUT2D eigenvalue weighted by molar-refractivity contribution is 0.486. The van der Waals surface area contributed by atoms with Crippen LogP contribution in [-0.4, -0.2) is 27.8 Å². The first kappa shape index (κ1) is 13.6. The fourth-order valence-electron chi connectivity index (χ4n) is 3.04. The first-order chi connectivity index (χ1) is 11.1. The average molecular weight is 310 g/mol. The minimum Gasteiger partial charge on any atom is -0.506 e. The molecule has 0 aliphatic rings. The van der Waals surface area contributed by atoms with E-state index in [2.05, 4.69) is 10.4 Å². The molecule has 4 rings (SSSR count). The van der Waals surface area contributed by atoms with E-state index in [1.54, 1.807) is 22.7 Å². The highest BCUT2D eigenvalue weighted by molar-refractivity contribution is 6.10. The second-order valence-corrected chi connectivity index (χ2v) is 5.37. The number of nitrogens with two attached hydrogens (primary N) is 1. The molecule has 0 spiro atoms. The highest BCUT2D eigenvalue weighted by atomic mass is 16.3. The van der Waals surface area contributed by atoms with Crippen molar-refractivity contribution < 1.29 is 5.11 Å². The molecule has 0 amide bonds. The first-order valence-corrected chi connectivity index (χ1v) is 7.22. The van der Waals surface area contributed by atoms with Crippen molar-refractivity contribution in [2.75, 3.05) is 18.4 Å². The van der Waals surface area contributed by atoms with Crippen LogP contribution in [-0.2, 0) is 0 Å². The van der Waals surface area contributed by atoms with E-state index in [-0.39, 0.29) is 27.4 Å². The molecule has 2 aromatic heterocycles. The van der Waals surface area contributed by atoms with Crippen molar-refractivity contribution in [1.82, 2.24) is 9.61 Å². The summed E-state index contributed by atoms with van der Waals surface area (Å²) >= 11 is 0. The molecule has 0 saturated heterocycles. The fourth-order valence-corrected chi connectivity index (χ4v) is 3.04. The number of aromatic hydroxyl groups is 1. The Morgan fingerprint density at radius 3 is 2.70 bits per heavy atom. The molecule has 23 heavy (non-hydrogen) atoms. The minimum atomic E-state index is -0.333.